The second-order valence-corrected chi connectivity index (χ2v) is 20.9. The number of carbonyl (C=O) groups is 3. The van der Waals surface area contributed by atoms with Crippen molar-refractivity contribution >= 4 is 17.9 Å². The highest BCUT2D eigenvalue weighted by Crippen LogP contribution is 2.16. The molecule has 0 bridgehead atoms. The van der Waals surface area contributed by atoms with Gasteiger partial charge in [0.15, 0.2) is 6.10 Å². The molecule has 0 aromatic carbocycles. The number of ether oxygens (including phenoxy) is 3. The molecule has 6 heteroatoms. The Labute approximate surface area is 464 Å². The van der Waals surface area contributed by atoms with Gasteiger partial charge in [-0.2, -0.15) is 0 Å². The lowest BCUT2D eigenvalue weighted by Crippen LogP contribution is -2.30. The fourth-order valence-electron chi connectivity index (χ4n) is 8.85. The lowest BCUT2D eigenvalue weighted by molar-refractivity contribution is -0.166. The van der Waals surface area contributed by atoms with E-state index in [0.717, 1.165) is 89.9 Å². The zero-order valence-corrected chi connectivity index (χ0v) is 49.3. The van der Waals surface area contributed by atoms with Gasteiger partial charge in [0, 0.05) is 19.3 Å². The molecule has 0 amide bonds. The van der Waals surface area contributed by atoms with Gasteiger partial charge in [-0.1, -0.05) is 291 Å². The van der Waals surface area contributed by atoms with Crippen molar-refractivity contribution in [3.63, 3.8) is 0 Å². The fourth-order valence-corrected chi connectivity index (χ4v) is 8.85. The molecule has 0 rings (SSSR count). The standard InChI is InChI=1S/C69H118O6/c1-4-7-10-13-16-19-22-25-28-31-34-36-38-41-44-47-50-53-56-59-62-68(71)74-65-66(64-73-67(70)61-58-55-52-49-46-43-40-37-33-30-27-24-21-18-15-12-9-6-3)75-69(72)63-60-57-54-51-48-45-42-39-35-32-29-26-23-20-17-14-11-8-5-2/h8,11,17,20-21,24,26,29-30,33,35,39,45,48,54,57,66H,4-7,9-10,12-16,18-19,22-23,25,27-28,31-32,34,36-38,40-44,46-47,49-53,55-56,58-65H2,1-3H3/b11-8-,20-17-,24-21-,29-26-,33-30-,39-35-,48-45-,57-54-. The summed E-state index contributed by atoms with van der Waals surface area (Å²) in [5, 5.41) is 0. The Balaban J connectivity index is 4.48. The van der Waals surface area contributed by atoms with Gasteiger partial charge in [-0.15, -0.1) is 0 Å². The monoisotopic (exact) mass is 1040 g/mol. The molecule has 0 spiro atoms. The maximum atomic E-state index is 12.9. The minimum atomic E-state index is -0.822. The van der Waals surface area contributed by atoms with Crippen molar-refractivity contribution in [1.82, 2.24) is 0 Å². The lowest BCUT2D eigenvalue weighted by atomic mass is 10.0. The zero-order valence-electron chi connectivity index (χ0n) is 49.3. The molecule has 0 heterocycles. The summed E-state index contributed by atoms with van der Waals surface area (Å²) in [5.41, 5.74) is 0. The number of unbranched alkanes of at least 4 members (excludes halogenated alkanes) is 30. The van der Waals surface area contributed by atoms with Crippen LogP contribution in [0.15, 0.2) is 97.2 Å². The molecule has 6 nitrogen and oxygen atoms in total. The highest BCUT2D eigenvalue weighted by molar-refractivity contribution is 5.71. The van der Waals surface area contributed by atoms with E-state index < -0.39 is 12.1 Å². The molecule has 1 unspecified atom stereocenters. The second-order valence-electron chi connectivity index (χ2n) is 20.9. The first-order valence-corrected chi connectivity index (χ1v) is 31.7. The van der Waals surface area contributed by atoms with Gasteiger partial charge >= 0.3 is 17.9 Å². The highest BCUT2D eigenvalue weighted by Gasteiger charge is 2.19. The second kappa shape index (κ2) is 62.9. The average Bonchev–Trinajstić information content (AvgIpc) is 3.41. The maximum absolute atomic E-state index is 12.9. The summed E-state index contributed by atoms with van der Waals surface area (Å²) in [6.45, 7) is 6.48. The summed E-state index contributed by atoms with van der Waals surface area (Å²) in [4.78, 5) is 38.3. The van der Waals surface area contributed by atoms with E-state index >= 15 is 0 Å². The molecule has 0 aromatic rings. The van der Waals surface area contributed by atoms with E-state index in [9.17, 15) is 14.4 Å². The topological polar surface area (TPSA) is 78.9 Å². The van der Waals surface area contributed by atoms with E-state index in [4.69, 9.17) is 14.2 Å². The minimum Gasteiger partial charge on any atom is -0.462 e. The van der Waals surface area contributed by atoms with Crippen molar-refractivity contribution in [1.29, 1.82) is 0 Å². The first-order chi connectivity index (χ1) is 37.0. The maximum Gasteiger partial charge on any atom is 0.306 e. The van der Waals surface area contributed by atoms with Crippen LogP contribution in [0.25, 0.3) is 0 Å². The summed E-state index contributed by atoms with van der Waals surface area (Å²) < 4.78 is 16.9. The van der Waals surface area contributed by atoms with Crippen LogP contribution < -0.4 is 0 Å². The minimum absolute atomic E-state index is 0.108. The molecular weight excluding hydrogens is 925 g/mol. The summed E-state index contributed by atoms with van der Waals surface area (Å²) >= 11 is 0. The van der Waals surface area contributed by atoms with Crippen molar-refractivity contribution in [3.8, 4) is 0 Å². The fraction of sp³-hybridized carbons (Fsp3) is 0.725. The van der Waals surface area contributed by atoms with Gasteiger partial charge < -0.3 is 14.2 Å². The molecule has 1 atom stereocenters. The van der Waals surface area contributed by atoms with Crippen molar-refractivity contribution in [2.45, 2.75) is 309 Å². The Morgan fingerprint density at radius 1 is 0.280 bits per heavy atom. The molecular formula is C69H118O6. The quantitative estimate of drug-likeness (QED) is 0.0261. The van der Waals surface area contributed by atoms with Crippen LogP contribution in [-0.4, -0.2) is 37.2 Å². The Kier molecular flexibility index (Phi) is 59.8. The van der Waals surface area contributed by atoms with Crippen LogP contribution in [0.5, 0.6) is 0 Å². The van der Waals surface area contributed by atoms with Gasteiger partial charge in [-0.25, -0.2) is 0 Å². The van der Waals surface area contributed by atoms with Crippen LogP contribution in [0.2, 0.25) is 0 Å². The molecule has 0 fully saturated rings. The van der Waals surface area contributed by atoms with Crippen molar-refractivity contribution in [3.05, 3.63) is 97.2 Å². The SMILES string of the molecule is CC/C=C\C/C=C\C/C=C\C/C=C\C/C=C\C/C=C\CCC(=O)OC(COC(=O)CCCCCCCCC/C=C\C/C=C\CCCCCC)COC(=O)CCCCCCCCCCCCCCCCCCCCCC. The van der Waals surface area contributed by atoms with Gasteiger partial charge in [-0.3, -0.25) is 14.4 Å². The van der Waals surface area contributed by atoms with Crippen molar-refractivity contribution in [2.75, 3.05) is 13.2 Å². The van der Waals surface area contributed by atoms with E-state index in [2.05, 4.69) is 112 Å². The normalized spacial score (nSPS) is 12.7. The third-order valence-corrected chi connectivity index (χ3v) is 13.6. The molecule has 430 valence electrons. The largest absolute Gasteiger partial charge is 0.462 e. The molecule has 0 N–H and O–H groups in total. The Morgan fingerprint density at radius 2 is 0.547 bits per heavy atom. The third kappa shape index (κ3) is 61.1. The van der Waals surface area contributed by atoms with Crippen molar-refractivity contribution < 1.29 is 28.6 Å². The smallest absolute Gasteiger partial charge is 0.306 e. The molecule has 0 radical (unpaired) electrons. The molecule has 0 saturated heterocycles. The van der Waals surface area contributed by atoms with Crippen LogP contribution in [0.3, 0.4) is 0 Å². The number of esters is 3. The predicted molar refractivity (Wildman–Crippen MR) is 325 cm³/mol. The Bertz CT molecular complexity index is 1480. The van der Waals surface area contributed by atoms with Gasteiger partial charge in [0.1, 0.15) is 13.2 Å². The number of hydrogen-bond donors (Lipinski definition) is 0. The van der Waals surface area contributed by atoms with E-state index in [1.165, 1.54) is 167 Å². The number of carbonyl (C=O) groups excluding carboxylic acids is 3. The molecule has 75 heavy (non-hydrogen) atoms. The van der Waals surface area contributed by atoms with Crippen LogP contribution in [-0.2, 0) is 28.6 Å². The predicted octanol–water partition coefficient (Wildman–Crippen LogP) is 21.7. The first-order valence-electron chi connectivity index (χ1n) is 31.7. The van der Waals surface area contributed by atoms with Gasteiger partial charge in [0.05, 0.1) is 0 Å². The van der Waals surface area contributed by atoms with Crippen LogP contribution in [0.1, 0.15) is 303 Å². The average molecular weight is 1040 g/mol. The Morgan fingerprint density at radius 3 is 0.880 bits per heavy atom. The van der Waals surface area contributed by atoms with E-state index in [-0.39, 0.29) is 31.6 Å². The number of hydrogen-bond acceptors (Lipinski definition) is 6. The molecule has 0 saturated carbocycles. The van der Waals surface area contributed by atoms with Crippen LogP contribution in [0, 0.1) is 0 Å². The van der Waals surface area contributed by atoms with Gasteiger partial charge in [0.25, 0.3) is 0 Å². The van der Waals surface area contributed by atoms with Crippen LogP contribution >= 0.6 is 0 Å². The molecule has 0 aliphatic heterocycles. The Hall–Kier alpha value is -3.67. The first kappa shape index (κ1) is 71.3. The van der Waals surface area contributed by atoms with E-state index in [0.29, 0.717) is 19.3 Å². The van der Waals surface area contributed by atoms with E-state index in [1.54, 1.807) is 0 Å². The highest BCUT2D eigenvalue weighted by atomic mass is 16.6. The lowest BCUT2D eigenvalue weighted by Gasteiger charge is -2.18. The summed E-state index contributed by atoms with van der Waals surface area (Å²) in [6.07, 6.45) is 84.2. The van der Waals surface area contributed by atoms with Gasteiger partial charge in [-0.05, 0) is 89.9 Å². The number of allylic oxidation sites excluding steroid dienone is 16. The molecule has 0 aliphatic rings. The third-order valence-electron chi connectivity index (χ3n) is 13.6. The number of rotatable bonds is 57. The molecule has 0 aromatic heterocycles. The summed E-state index contributed by atoms with van der Waals surface area (Å²) in [5.74, 6) is -0.990. The van der Waals surface area contributed by atoms with Gasteiger partial charge in [0.2, 0.25) is 0 Å². The molecule has 0 aliphatic carbocycles. The summed E-state index contributed by atoms with van der Waals surface area (Å²) in [6, 6.07) is 0. The zero-order chi connectivity index (χ0) is 54.3. The summed E-state index contributed by atoms with van der Waals surface area (Å²) in [7, 11) is 0. The van der Waals surface area contributed by atoms with Crippen molar-refractivity contribution in [2.24, 2.45) is 0 Å². The van der Waals surface area contributed by atoms with Crippen LogP contribution in [0.4, 0.5) is 0 Å². The van der Waals surface area contributed by atoms with E-state index in [1.807, 2.05) is 6.08 Å².